The molecule has 2 unspecified atom stereocenters. The van der Waals surface area contributed by atoms with Crippen LogP contribution in [0.2, 0.25) is 0 Å². The van der Waals surface area contributed by atoms with Crippen LogP contribution < -0.4 is 4.74 Å². The Bertz CT molecular complexity index is 672. The molecule has 2 aromatic carbocycles. The SMILES string of the molecule is CC1Cc2cc(C(Br)Cc3ccc(F)cc3F)ccc2O1. The second kappa shape index (κ2) is 5.76. The molecule has 3 rings (SSSR count). The average Bonchev–Trinajstić information content (AvgIpc) is 2.80. The van der Waals surface area contributed by atoms with E-state index in [0.717, 1.165) is 23.8 Å². The molecular weight excluding hydrogens is 338 g/mol. The fourth-order valence-electron chi connectivity index (χ4n) is 2.63. The molecule has 110 valence electrons. The minimum Gasteiger partial charge on any atom is -0.490 e. The van der Waals surface area contributed by atoms with Crippen LogP contribution >= 0.6 is 15.9 Å². The van der Waals surface area contributed by atoms with Gasteiger partial charge in [-0.1, -0.05) is 34.1 Å². The third kappa shape index (κ3) is 3.10. The highest BCUT2D eigenvalue weighted by Gasteiger charge is 2.21. The number of ether oxygens (including phenoxy) is 1. The molecule has 0 spiro atoms. The van der Waals surface area contributed by atoms with Gasteiger partial charge in [-0.05, 0) is 42.2 Å². The molecule has 21 heavy (non-hydrogen) atoms. The smallest absolute Gasteiger partial charge is 0.129 e. The first-order valence-electron chi connectivity index (χ1n) is 6.90. The van der Waals surface area contributed by atoms with Crippen molar-refractivity contribution in [2.75, 3.05) is 0 Å². The molecule has 0 aliphatic carbocycles. The summed E-state index contributed by atoms with van der Waals surface area (Å²) >= 11 is 3.60. The number of halogens is 3. The van der Waals surface area contributed by atoms with Crippen molar-refractivity contribution in [3.8, 4) is 5.75 Å². The van der Waals surface area contributed by atoms with Gasteiger partial charge in [0.25, 0.3) is 0 Å². The first kappa shape index (κ1) is 14.5. The highest BCUT2D eigenvalue weighted by Crippen LogP contribution is 2.35. The summed E-state index contributed by atoms with van der Waals surface area (Å²) in [4.78, 5) is -0.0151. The molecule has 0 amide bonds. The summed E-state index contributed by atoms with van der Waals surface area (Å²) in [6.45, 7) is 2.04. The zero-order valence-electron chi connectivity index (χ0n) is 11.6. The number of fused-ring (bicyclic) bond motifs is 1. The molecule has 1 nitrogen and oxygen atoms in total. The Kier molecular flexibility index (Phi) is 3.98. The quantitative estimate of drug-likeness (QED) is 0.708. The second-order valence-electron chi connectivity index (χ2n) is 5.41. The van der Waals surface area contributed by atoms with E-state index in [1.54, 1.807) is 0 Å². The molecule has 4 heteroatoms. The maximum Gasteiger partial charge on any atom is 0.129 e. The summed E-state index contributed by atoms with van der Waals surface area (Å²) < 4.78 is 32.3. The van der Waals surface area contributed by atoms with E-state index in [1.165, 1.54) is 17.7 Å². The van der Waals surface area contributed by atoms with E-state index in [1.807, 2.05) is 19.1 Å². The van der Waals surface area contributed by atoms with Gasteiger partial charge < -0.3 is 4.74 Å². The van der Waals surface area contributed by atoms with Gasteiger partial charge in [0.05, 0.1) is 0 Å². The van der Waals surface area contributed by atoms with Gasteiger partial charge in [0.15, 0.2) is 0 Å². The number of alkyl halides is 1. The van der Waals surface area contributed by atoms with Crippen molar-refractivity contribution in [1.29, 1.82) is 0 Å². The zero-order chi connectivity index (χ0) is 15.0. The van der Waals surface area contributed by atoms with Gasteiger partial charge in [-0.15, -0.1) is 0 Å². The number of rotatable bonds is 3. The molecule has 0 bridgehead atoms. The molecule has 0 saturated carbocycles. The van der Waals surface area contributed by atoms with Crippen LogP contribution in [0.3, 0.4) is 0 Å². The van der Waals surface area contributed by atoms with E-state index >= 15 is 0 Å². The Morgan fingerprint density at radius 3 is 2.81 bits per heavy atom. The van der Waals surface area contributed by atoms with Crippen LogP contribution in [0.4, 0.5) is 8.78 Å². The van der Waals surface area contributed by atoms with E-state index < -0.39 is 11.6 Å². The summed E-state index contributed by atoms with van der Waals surface area (Å²) in [5.74, 6) is -0.123. The number of benzene rings is 2. The molecule has 0 aromatic heterocycles. The first-order valence-corrected chi connectivity index (χ1v) is 7.82. The number of hydrogen-bond donors (Lipinski definition) is 0. The molecule has 1 aliphatic rings. The van der Waals surface area contributed by atoms with Gasteiger partial charge in [0.1, 0.15) is 23.5 Å². The molecular formula is C17H15BrF2O. The summed E-state index contributed by atoms with van der Waals surface area (Å²) in [7, 11) is 0. The van der Waals surface area contributed by atoms with Crippen molar-refractivity contribution in [3.63, 3.8) is 0 Å². The van der Waals surface area contributed by atoms with Crippen molar-refractivity contribution in [1.82, 2.24) is 0 Å². The lowest BCUT2D eigenvalue weighted by Gasteiger charge is -2.12. The molecule has 0 saturated heterocycles. The largest absolute Gasteiger partial charge is 0.490 e. The minimum atomic E-state index is -0.550. The summed E-state index contributed by atoms with van der Waals surface area (Å²) in [5, 5.41) is 0. The third-order valence-corrected chi connectivity index (χ3v) is 4.55. The topological polar surface area (TPSA) is 9.23 Å². The molecule has 2 atom stereocenters. The molecule has 1 aliphatic heterocycles. The van der Waals surface area contributed by atoms with Gasteiger partial charge >= 0.3 is 0 Å². The fourth-order valence-corrected chi connectivity index (χ4v) is 3.27. The van der Waals surface area contributed by atoms with Gasteiger partial charge in [-0.3, -0.25) is 0 Å². The van der Waals surface area contributed by atoms with E-state index in [9.17, 15) is 8.78 Å². The third-order valence-electron chi connectivity index (χ3n) is 3.70. The Labute approximate surface area is 131 Å². The molecule has 0 N–H and O–H groups in total. The van der Waals surface area contributed by atoms with Gasteiger partial charge in [0, 0.05) is 17.3 Å². The highest BCUT2D eigenvalue weighted by molar-refractivity contribution is 9.09. The minimum absolute atomic E-state index is 0.0151. The van der Waals surface area contributed by atoms with Crippen LogP contribution in [0.25, 0.3) is 0 Å². The summed E-state index contributed by atoms with van der Waals surface area (Å²) in [6.07, 6.45) is 1.58. The summed E-state index contributed by atoms with van der Waals surface area (Å²) in [6, 6.07) is 9.75. The Morgan fingerprint density at radius 1 is 1.24 bits per heavy atom. The van der Waals surface area contributed by atoms with Crippen LogP contribution in [0, 0.1) is 11.6 Å². The summed E-state index contributed by atoms with van der Waals surface area (Å²) in [5.41, 5.74) is 2.77. The van der Waals surface area contributed by atoms with E-state index in [4.69, 9.17) is 4.74 Å². The van der Waals surface area contributed by atoms with Gasteiger partial charge in [-0.2, -0.15) is 0 Å². The molecule has 0 fully saturated rings. The van der Waals surface area contributed by atoms with Crippen molar-refractivity contribution in [3.05, 3.63) is 64.7 Å². The van der Waals surface area contributed by atoms with Crippen LogP contribution in [-0.4, -0.2) is 6.10 Å². The maximum absolute atomic E-state index is 13.7. The monoisotopic (exact) mass is 352 g/mol. The lowest BCUT2D eigenvalue weighted by molar-refractivity contribution is 0.254. The lowest BCUT2D eigenvalue weighted by Crippen LogP contribution is -2.05. The van der Waals surface area contributed by atoms with E-state index in [-0.39, 0.29) is 10.9 Å². The normalized spacial score (nSPS) is 18.2. The zero-order valence-corrected chi connectivity index (χ0v) is 13.2. The predicted molar refractivity (Wildman–Crippen MR) is 82.0 cm³/mol. The van der Waals surface area contributed by atoms with Crippen molar-refractivity contribution >= 4 is 15.9 Å². The van der Waals surface area contributed by atoms with Crippen molar-refractivity contribution in [2.24, 2.45) is 0 Å². The maximum atomic E-state index is 13.7. The Hall–Kier alpha value is -1.42. The number of hydrogen-bond acceptors (Lipinski definition) is 1. The van der Waals surface area contributed by atoms with Crippen LogP contribution in [-0.2, 0) is 12.8 Å². The Morgan fingerprint density at radius 2 is 2.05 bits per heavy atom. The fraction of sp³-hybridized carbons (Fsp3) is 0.294. The highest BCUT2D eigenvalue weighted by atomic mass is 79.9. The molecule has 0 radical (unpaired) electrons. The van der Waals surface area contributed by atoms with Crippen LogP contribution in [0.1, 0.15) is 28.4 Å². The van der Waals surface area contributed by atoms with Gasteiger partial charge in [0.2, 0.25) is 0 Å². The van der Waals surface area contributed by atoms with Crippen molar-refractivity contribution < 1.29 is 13.5 Å². The van der Waals surface area contributed by atoms with Gasteiger partial charge in [-0.25, -0.2) is 8.78 Å². The molecule has 1 heterocycles. The van der Waals surface area contributed by atoms with E-state index in [0.29, 0.717) is 12.0 Å². The van der Waals surface area contributed by atoms with Crippen LogP contribution in [0.5, 0.6) is 5.75 Å². The first-order chi connectivity index (χ1) is 10.0. The lowest BCUT2D eigenvalue weighted by atomic mass is 10.0. The Balaban J connectivity index is 1.79. The standard InChI is InChI=1S/C17H15BrF2O/c1-10-6-13-7-11(3-5-17(13)21-10)15(18)8-12-2-4-14(19)9-16(12)20/h2-5,7,9-10,15H,6,8H2,1H3. The molecule has 2 aromatic rings. The second-order valence-corrected chi connectivity index (χ2v) is 6.51. The predicted octanol–water partition coefficient (Wildman–Crippen LogP) is 4.97. The van der Waals surface area contributed by atoms with Crippen molar-refractivity contribution in [2.45, 2.75) is 30.7 Å². The average molecular weight is 353 g/mol. The van der Waals surface area contributed by atoms with E-state index in [2.05, 4.69) is 22.0 Å². The van der Waals surface area contributed by atoms with Crippen LogP contribution in [0.15, 0.2) is 36.4 Å².